The van der Waals surface area contributed by atoms with Crippen molar-refractivity contribution >= 4 is 28.3 Å². The number of benzene rings is 3. The van der Waals surface area contributed by atoms with Crippen molar-refractivity contribution in [1.82, 2.24) is 4.98 Å². The van der Waals surface area contributed by atoms with E-state index in [1.165, 1.54) is 26.0 Å². The van der Waals surface area contributed by atoms with Crippen LogP contribution < -0.4 is 5.73 Å². The van der Waals surface area contributed by atoms with Crippen LogP contribution in [0.3, 0.4) is 0 Å². The molecule has 0 spiro atoms. The van der Waals surface area contributed by atoms with E-state index in [2.05, 4.69) is 9.98 Å². The highest BCUT2D eigenvalue weighted by atomic mass is 19.4. The summed E-state index contributed by atoms with van der Waals surface area (Å²) in [7, 11) is 0. The second-order valence-electron chi connectivity index (χ2n) is 9.11. The Balaban J connectivity index is 1.94. The van der Waals surface area contributed by atoms with Crippen LogP contribution in [0.5, 0.6) is 5.88 Å². The van der Waals surface area contributed by atoms with Crippen LogP contribution in [-0.4, -0.2) is 28.4 Å². The zero-order valence-electron chi connectivity index (χ0n) is 20.5. The Morgan fingerprint density at radius 1 is 1.00 bits per heavy atom. The number of H-pyrrole nitrogens is 1. The monoisotopic (exact) mass is 509 g/mol. The van der Waals surface area contributed by atoms with E-state index in [1.807, 2.05) is 0 Å². The van der Waals surface area contributed by atoms with Gasteiger partial charge in [-0.2, -0.15) is 13.2 Å². The fourth-order valence-corrected chi connectivity index (χ4v) is 4.15. The summed E-state index contributed by atoms with van der Waals surface area (Å²) in [6.45, 7) is 4.92. The van der Waals surface area contributed by atoms with Crippen LogP contribution in [0.25, 0.3) is 10.9 Å². The topological polar surface area (TPSA) is 101 Å². The van der Waals surface area contributed by atoms with Gasteiger partial charge < -0.3 is 20.6 Å². The van der Waals surface area contributed by atoms with Crippen LogP contribution in [-0.2, 0) is 16.5 Å². The van der Waals surface area contributed by atoms with Crippen LogP contribution in [0.15, 0.2) is 71.7 Å². The van der Waals surface area contributed by atoms with Crippen LogP contribution in [0.2, 0.25) is 0 Å². The van der Waals surface area contributed by atoms with Crippen molar-refractivity contribution in [3.8, 4) is 5.88 Å². The average Bonchev–Trinajstić information content (AvgIpc) is 3.16. The molecule has 0 atom stereocenters. The maximum absolute atomic E-state index is 13.9. The molecule has 0 saturated heterocycles. The number of rotatable bonds is 6. The molecule has 1 aromatic heterocycles. The molecular weight excluding hydrogens is 483 g/mol. The number of aromatic amines is 1. The van der Waals surface area contributed by atoms with Crippen molar-refractivity contribution in [2.45, 2.75) is 32.5 Å². The lowest BCUT2D eigenvalue weighted by atomic mass is 9.90. The molecular formula is C28H26F3N3O3. The van der Waals surface area contributed by atoms with Crippen molar-refractivity contribution in [2.75, 3.05) is 6.61 Å². The van der Waals surface area contributed by atoms with Gasteiger partial charge in [-0.3, -0.25) is 0 Å². The average molecular weight is 510 g/mol. The van der Waals surface area contributed by atoms with Crippen molar-refractivity contribution < 1.29 is 27.8 Å². The minimum atomic E-state index is -4.64. The lowest BCUT2D eigenvalue weighted by Crippen LogP contribution is -2.31. The van der Waals surface area contributed by atoms with Gasteiger partial charge in [0.2, 0.25) is 0 Å². The number of fused-ring (bicyclic) bond motifs is 1. The van der Waals surface area contributed by atoms with E-state index >= 15 is 0 Å². The molecule has 6 nitrogen and oxygen atoms in total. The van der Waals surface area contributed by atoms with Crippen LogP contribution in [0, 0.1) is 0 Å². The first kappa shape index (κ1) is 26.0. The molecule has 3 aromatic carbocycles. The number of halogens is 3. The predicted octanol–water partition coefficient (Wildman–Crippen LogP) is 6.43. The van der Waals surface area contributed by atoms with E-state index in [1.54, 1.807) is 55.5 Å². The normalized spacial score (nSPS) is 12.7. The summed E-state index contributed by atoms with van der Waals surface area (Å²) < 4.78 is 46.8. The number of ether oxygens (including phenoxy) is 1. The number of aromatic nitrogens is 1. The van der Waals surface area contributed by atoms with Gasteiger partial charge in [0.05, 0.1) is 34.7 Å². The minimum absolute atomic E-state index is 0.0380. The molecule has 1 heterocycles. The first-order valence-corrected chi connectivity index (χ1v) is 11.6. The highest BCUT2D eigenvalue weighted by Crippen LogP contribution is 2.39. The molecule has 9 heteroatoms. The summed E-state index contributed by atoms with van der Waals surface area (Å²) in [5.41, 5.74) is 5.73. The molecule has 0 aliphatic carbocycles. The third-order valence-corrected chi connectivity index (χ3v) is 5.82. The van der Waals surface area contributed by atoms with Gasteiger partial charge in [0.1, 0.15) is 0 Å². The van der Waals surface area contributed by atoms with E-state index in [0.717, 1.165) is 6.07 Å². The number of alkyl halides is 3. The van der Waals surface area contributed by atoms with Gasteiger partial charge in [-0.05, 0) is 50.6 Å². The summed E-state index contributed by atoms with van der Waals surface area (Å²) in [6, 6.07) is 17.3. The number of nitrogens with one attached hydrogen (secondary N) is 1. The fraction of sp³-hybridized carbons (Fsp3) is 0.214. The highest BCUT2D eigenvalue weighted by Gasteiger charge is 2.37. The smallest absolute Gasteiger partial charge is 0.416 e. The van der Waals surface area contributed by atoms with Gasteiger partial charge in [0.15, 0.2) is 5.88 Å². The molecule has 4 N–H and O–H groups in total. The number of esters is 1. The van der Waals surface area contributed by atoms with Gasteiger partial charge in [-0.25, -0.2) is 9.79 Å². The molecule has 0 saturated carbocycles. The van der Waals surface area contributed by atoms with E-state index in [0.29, 0.717) is 16.5 Å². The molecule has 0 bridgehead atoms. The number of nitrogens with two attached hydrogens (primary N) is 1. The van der Waals surface area contributed by atoms with Gasteiger partial charge >= 0.3 is 12.1 Å². The summed E-state index contributed by atoms with van der Waals surface area (Å²) in [4.78, 5) is 19.6. The number of carbonyl (C=O) groups excluding carboxylic acids is 1. The first-order chi connectivity index (χ1) is 17.4. The minimum Gasteiger partial charge on any atom is -0.494 e. The maximum atomic E-state index is 13.9. The SMILES string of the molecule is CCOC(=O)c1ccc2c(C(=Nc3ccc(C(C)(C)N)c(C(F)(F)F)c3)c3ccccc3)c(O)[nH]c2c1. The summed E-state index contributed by atoms with van der Waals surface area (Å²) in [5.74, 6) is -0.756. The lowest BCUT2D eigenvalue weighted by molar-refractivity contribution is -0.138. The molecule has 37 heavy (non-hydrogen) atoms. The van der Waals surface area contributed by atoms with Gasteiger partial charge in [0.25, 0.3) is 0 Å². The van der Waals surface area contributed by atoms with E-state index < -0.39 is 23.2 Å². The molecule has 0 unspecified atom stereocenters. The van der Waals surface area contributed by atoms with Crippen molar-refractivity contribution in [3.63, 3.8) is 0 Å². The summed E-state index contributed by atoms with van der Waals surface area (Å²) >= 11 is 0. The third kappa shape index (κ3) is 5.36. The summed E-state index contributed by atoms with van der Waals surface area (Å²) in [5, 5.41) is 11.4. The van der Waals surface area contributed by atoms with E-state index in [4.69, 9.17) is 10.5 Å². The second-order valence-corrected chi connectivity index (χ2v) is 9.11. The second kappa shape index (κ2) is 9.74. The Morgan fingerprint density at radius 3 is 2.32 bits per heavy atom. The van der Waals surface area contributed by atoms with Crippen molar-refractivity contribution in [3.05, 3.63) is 94.5 Å². The number of hydrogen-bond acceptors (Lipinski definition) is 5. The molecule has 0 radical (unpaired) electrons. The third-order valence-electron chi connectivity index (χ3n) is 5.82. The van der Waals surface area contributed by atoms with Gasteiger partial charge in [-0.1, -0.05) is 42.5 Å². The van der Waals surface area contributed by atoms with E-state index in [-0.39, 0.29) is 40.6 Å². The Kier molecular flexibility index (Phi) is 6.84. The number of carbonyl (C=O) groups is 1. The van der Waals surface area contributed by atoms with E-state index in [9.17, 15) is 23.1 Å². The molecule has 0 aliphatic heterocycles. The first-order valence-electron chi connectivity index (χ1n) is 11.6. The molecule has 4 aromatic rings. The van der Waals surface area contributed by atoms with Gasteiger partial charge in [-0.15, -0.1) is 0 Å². The zero-order chi connectivity index (χ0) is 27.0. The lowest BCUT2D eigenvalue weighted by Gasteiger charge is -2.24. The number of aliphatic imine (C=N–C) groups is 1. The molecule has 0 fully saturated rings. The Labute approximate surface area is 211 Å². The number of nitrogens with zero attached hydrogens (tertiary/aromatic N) is 1. The van der Waals surface area contributed by atoms with Crippen molar-refractivity contribution in [1.29, 1.82) is 0 Å². The number of hydrogen-bond donors (Lipinski definition) is 3. The summed E-state index contributed by atoms with van der Waals surface area (Å²) in [6.07, 6.45) is -4.64. The number of aromatic hydroxyl groups is 1. The largest absolute Gasteiger partial charge is 0.494 e. The van der Waals surface area contributed by atoms with Crippen LogP contribution >= 0.6 is 0 Å². The molecule has 0 aliphatic rings. The molecule has 192 valence electrons. The predicted molar refractivity (Wildman–Crippen MR) is 136 cm³/mol. The Morgan fingerprint density at radius 2 is 1.70 bits per heavy atom. The zero-order valence-corrected chi connectivity index (χ0v) is 20.5. The maximum Gasteiger partial charge on any atom is 0.416 e. The van der Waals surface area contributed by atoms with Crippen LogP contribution in [0.4, 0.5) is 18.9 Å². The quantitative estimate of drug-likeness (QED) is 0.206. The Bertz CT molecular complexity index is 1480. The fourth-order valence-electron chi connectivity index (χ4n) is 4.15. The molecule has 0 amide bonds. The Hall–Kier alpha value is -4.11. The van der Waals surface area contributed by atoms with Gasteiger partial charge in [0, 0.05) is 22.0 Å². The molecule has 4 rings (SSSR count). The standard InChI is InChI=1S/C28H26F3N3O3/c1-4-37-26(36)17-10-12-19-22(14-17)34-25(35)23(19)24(16-8-6-5-7-9-16)33-18-11-13-20(27(2,3)32)21(15-18)28(29,30)31/h5-15,34-35H,4,32H2,1-3H3. The van der Waals surface area contributed by atoms with Crippen LogP contribution in [0.1, 0.15) is 53.4 Å². The highest BCUT2D eigenvalue weighted by molar-refractivity contribution is 6.22. The van der Waals surface area contributed by atoms with Crippen molar-refractivity contribution in [2.24, 2.45) is 10.7 Å².